The number of benzene rings is 1. The predicted molar refractivity (Wildman–Crippen MR) is 76.8 cm³/mol. The van der Waals surface area contributed by atoms with E-state index in [9.17, 15) is 10.1 Å². The Morgan fingerprint density at radius 3 is 2.58 bits per heavy atom. The summed E-state index contributed by atoms with van der Waals surface area (Å²) in [6.07, 6.45) is 1.04. The minimum Gasteiger partial charge on any atom is -0.487 e. The van der Waals surface area contributed by atoms with Gasteiger partial charge < -0.3 is 10.1 Å². The summed E-state index contributed by atoms with van der Waals surface area (Å²) in [5.41, 5.74) is 0.853. The van der Waals surface area contributed by atoms with E-state index in [-0.39, 0.29) is 5.69 Å². The Balaban J connectivity index is 2.86. The first-order chi connectivity index (χ1) is 8.93. The van der Waals surface area contributed by atoms with Crippen molar-refractivity contribution < 1.29 is 9.66 Å². The first-order valence-electron chi connectivity index (χ1n) is 6.61. The summed E-state index contributed by atoms with van der Waals surface area (Å²) in [4.78, 5) is 10.5. The monoisotopic (exact) mass is 266 g/mol. The molecular formula is C14H22N2O3. The average Bonchev–Trinajstić information content (AvgIpc) is 2.27. The number of hydrogen-bond acceptors (Lipinski definition) is 4. The second kappa shape index (κ2) is 6.97. The minimum atomic E-state index is -0.424. The molecule has 0 aliphatic rings. The van der Waals surface area contributed by atoms with E-state index in [0.717, 1.165) is 12.1 Å². The van der Waals surface area contributed by atoms with Crippen molar-refractivity contribution in [1.29, 1.82) is 0 Å². The molecule has 0 fully saturated rings. The minimum absolute atomic E-state index is 0.00362. The maximum atomic E-state index is 10.9. The number of anilines is 1. The van der Waals surface area contributed by atoms with Gasteiger partial charge in [0.1, 0.15) is 0 Å². The molecule has 0 saturated heterocycles. The van der Waals surface area contributed by atoms with Gasteiger partial charge in [0.05, 0.1) is 11.5 Å². The summed E-state index contributed by atoms with van der Waals surface area (Å²) in [5.74, 6) is 0.918. The number of nitro benzene ring substituents is 1. The van der Waals surface area contributed by atoms with Crippen molar-refractivity contribution in [2.24, 2.45) is 5.92 Å². The highest BCUT2D eigenvalue weighted by Crippen LogP contribution is 2.30. The number of rotatable bonds is 7. The third-order valence-electron chi connectivity index (χ3n) is 2.69. The molecule has 1 atom stereocenters. The summed E-state index contributed by atoms with van der Waals surface area (Å²) in [6, 6.07) is 5.21. The van der Waals surface area contributed by atoms with E-state index in [0.29, 0.717) is 24.3 Å². The quantitative estimate of drug-likeness (QED) is 0.601. The topological polar surface area (TPSA) is 64.4 Å². The summed E-state index contributed by atoms with van der Waals surface area (Å²) in [6.45, 7) is 8.65. The lowest BCUT2D eigenvalue weighted by molar-refractivity contribution is -0.385. The first-order valence-corrected chi connectivity index (χ1v) is 6.61. The van der Waals surface area contributed by atoms with Crippen LogP contribution in [-0.2, 0) is 0 Å². The van der Waals surface area contributed by atoms with Gasteiger partial charge in [-0.15, -0.1) is 0 Å². The number of ether oxygens (including phenoxy) is 1. The van der Waals surface area contributed by atoms with Crippen LogP contribution >= 0.6 is 0 Å². The Hall–Kier alpha value is -1.78. The first kappa shape index (κ1) is 15.3. The Morgan fingerprint density at radius 2 is 2.05 bits per heavy atom. The molecule has 0 saturated carbocycles. The maximum absolute atomic E-state index is 10.9. The largest absolute Gasteiger partial charge is 0.487 e. The lowest BCUT2D eigenvalue weighted by Gasteiger charge is -2.17. The summed E-state index contributed by atoms with van der Waals surface area (Å²) in [7, 11) is 0. The Bertz CT molecular complexity index is 433. The van der Waals surface area contributed by atoms with Crippen molar-refractivity contribution in [2.45, 2.75) is 40.2 Å². The third kappa shape index (κ3) is 4.77. The number of nitrogens with zero attached hydrogens (tertiary/aromatic N) is 1. The fraction of sp³-hybridized carbons (Fsp3) is 0.571. The predicted octanol–water partition coefficient (Wildman–Crippen LogP) is 3.84. The van der Waals surface area contributed by atoms with Gasteiger partial charge in [0.2, 0.25) is 0 Å². The lowest BCUT2D eigenvalue weighted by atomic mass is 10.1. The van der Waals surface area contributed by atoms with Crippen LogP contribution in [-0.4, -0.2) is 17.6 Å². The molecule has 106 valence electrons. The van der Waals surface area contributed by atoms with Gasteiger partial charge in [0.15, 0.2) is 5.75 Å². The second-order valence-electron chi connectivity index (χ2n) is 5.05. The number of hydrogen-bond donors (Lipinski definition) is 1. The summed E-state index contributed by atoms with van der Waals surface area (Å²) < 4.78 is 5.32. The molecule has 0 aliphatic carbocycles. The third-order valence-corrected chi connectivity index (χ3v) is 2.69. The molecule has 0 spiro atoms. The van der Waals surface area contributed by atoms with E-state index in [1.165, 1.54) is 6.07 Å². The van der Waals surface area contributed by atoms with Crippen molar-refractivity contribution in [3.8, 4) is 5.75 Å². The van der Waals surface area contributed by atoms with Crippen LogP contribution in [0, 0.1) is 16.0 Å². The standard InChI is InChI=1S/C14H22N2O3/c1-5-19-14-9-12(6-7-13(14)16(17)18)15-11(4)8-10(2)3/h6-7,9-11,15H,5,8H2,1-4H3. The fourth-order valence-electron chi connectivity index (χ4n) is 2.08. The molecule has 1 N–H and O–H groups in total. The molecule has 1 aromatic rings. The van der Waals surface area contributed by atoms with Crippen LogP contribution in [0.3, 0.4) is 0 Å². The van der Waals surface area contributed by atoms with E-state index in [1.54, 1.807) is 12.1 Å². The van der Waals surface area contributed by atoms with Gasteiger partial charge in [-0.05, 0) is 32.3 Å². The number of nitro groups is 1. The summed E-state index contributed by atoms with van der Waals surface area (Å²) >= 11 is 0. The summed E-state index contributed by atoms with van der Waals surface area (Å²) in [5, 5.41) is 14.2. The van der Waals surface area contributed by atoms with Crippen molar-refractivity contribution in [3.63, 3.8) is 0 Å². The van der Waals surface area contributed by atoms with E-state index in [2.05, 4.69) is 26.1 Å². The molecule has 0 aliphatic heterocycles. The Kier molecular flexibility index (Phi) is 5.60. The van der Waals surface area contributed by atoms with Crippen LogP contribution < -0.4 is 10.1 Å². The van der Waals surface area contributed by atoms with E-state index >= 15 is 0 Å². The van der Waals surface area contributed by atoms with E-state index in [1.807, 2.05) is 6.92 Å². The van der Waals surface area contributed by atoms with Gasteiger partial charge in [-0.3, -0.25) is 10.1 Å². The molecule has 0 aromatic heterocycles. The molecule has 0 amide bonds. The van der Waals surface area contributed by atoms with Crippen molar-refractivity contribution in [3.05, 3.63) is 28.3 Å². The van der Waals surface area contributed by atoms with Gasteiger partial charge >= 0.3 is 5.69 Å². The van der Waals surface area contributed by atoms with E-state index < -0.39 is 4.92 Å². The normalized spacial score (nSPS) is 12.3. The van der Waals surface area contributed by atoms with Gasteiger partial charge in [0.25, 0.3) is 0 Å². The molecule has 0 heterocycles. The highest BCUT2D eigenvalue weighted by molar-refractivity contribution is 5.58. The van der Waals surface area contributed by atoms with Crippen LogP contribution in [0.1, 0.15) is 34.1 Å². The van der Waals surface area contributed by atoms with E-state index in [4.69, 9.17) is 4.74 Å². The van der Waals surface area contributed by atoms with Crippen molar-refractivity contribution in [2.75, 3.05) is 11.9 Å². The second-order valence-corrected chi connectivity index (χ2v) is 5.05. The van der Waals surface area contributed by atoms with Crippen molar-refractivity contribution >= 4 is 11.4 Å². The molecule has 1 rings (SSSR count). The van der Waals surface area contributed by atoms with Gasteiger partial charge in [-0.1, -0.05) is 13.8 Å². The highest BCUT2D eigenvalue weighted by Gasteiger charge is 2.16. The van der Waals surface area contributed by atoms with Crippen LogP contribution in [0.5, 0.6) is 5.75 Å². The molecule has 1 aromatic carbocycles. The van der Waals surface area contributed by atoms with Crippen LogP contribution in [0.25, 0.3) is 0 Å². The molecular weight excluding hydrogens is 244 g/mol. The van der Waals surface area contributed by atoms with Gasteiger partial charge in [0, 0.05) is 23.9 Å². The lowest BCUT2D eigenvalue weighted by Crippen LogP contribution is -2.17. The van der Waals surface area contributed by atoms with Crippen LogP contribution in [0.2, 0.25) is 0 Å². The molecule has 19 heavy (non-hydrogen) atoms. The molecule has 5 heteroatoms. The zero-order valence-electron chi connectivity index (χ0n) is 12.0. The number of nitrogens with one attached hydrogen (secondary N) is 1. The zero-order valence-corrected chi connectivity index (χ0v) is 12.0. The maximum Gasteiger partial charge on any atom is 0.311 e. The molecule has 1 unspecified atom stereocenters. The van der Waals surface area contributed by atoms with Crippen molar-refractivity contribution in [1.82, 2.24) is 0 Å². The van der Waals surface area contributed by atoms with Crippen LogP contribution in [0.4, 0.5) is 11.4 Å². The molecule has 5 nitrogen and oxygen atoms in total. The fourth-order valence-corrected chi connectivity index (χ4v) is 2.08. The van der Waals surface area contributed by atoms with Crippen LogP contribution in [0.15, 0.2) is 18.2 Å². The molecule has 0 radical (unpaired) electrons. The highest BCUT2D eigenvalue weighted by atomic mass is 16.6. The zero-order chi connectivity index (χ0) is 14.4. The smallest absolute Gasteiger partial charge is 0.311 e. The van der Waals surface area contributed by atoms with Gasteiger partial charge in [-0.2, -0.15) is 0 Å². The Morgan fingerprint density at radius 1 is 1.37 bits per heavy atom. The Labute approximate surface area is 114 Å². The SMILES string of the molecule is CCOc1cc(NC(C)CC(C)C)ccc1[N+](=O)[O-]. The molecule has 0 bridgehead atoms. The van der Waals surface area contributed by atoms with Gasteiger partial charge in [-0.25, -0.2) is 0 Å². The average molecular weight is 266 g/mol.